The highest BCUT2D eigenvalue weighted by Crippen LogP contribution is 2.32. The van der Waals surface area contributed by atoms with Gasteiger partial charge in [0.15, 0.2) is 17.5 Å². The number of hydrogen-bond acceptors (Lipinski definition) is 3. The number of nitrogens with zero attached hydrogens (tertiary/aromatic N) is 1. The van der Waals surface area contributed by atoms with Gasteiger partial charge in [0.2, 0.25) is 6.79 Å². The van der Waals surface area contributed by atoms with Crippen LogP contribution in [0, 0.1) is 6.92 Å². The molecule has 25 heavy (non-hydrogen) atoms. The van der Waals surface area contributed by atoms with E-state index in [2.05, 4.69) is 53.7 Å². The number of benzene rings is 2. The molecule has 2 N–H and O–H groups in total. The van der Waals surface area contributed by atoms with Gasteiger partial charge in [-0.15, -0.1) is 24.0 Å². The van der Waals surface area contributed by atoms with Gasteiger partial charge >= 0.3 is 0 Å². The number of guanidine groups is 1. The van der Waals surface area contributed by atoms with Crippen molar-refractivity contribution in [3.63, 3.8) is 0 Å². The Morgan fingerprint density at radius 1 is 1.08 bits per heavy atom. The second-order valence-corrected chi connectivity index (χ2v) is 5.66. The van der Waals surface area contributed by atoms with Gasteiger partial charge in [0.1, 0.15) is 0 Å². The molecule has 6 heteroatoms. The second kappa shape index (κ2) is 9.50. The van der Waals surface area contributed by atoms with Crippen molar-refractivity contribution < 1.29 is 9.47 Å². The van der Waals surface area contributed by atoms with E-state index < -0.39 is 0 Å². The first-order chi connectivity index (χ1) is 11.8. The Balaban J connectivity index is 0.00000225. The van der Waals surface area contributed by atoms with Crippen LogP contribution < -0.4 is 20.1 Å². The van der Waals surface area contributed by atoms with E-state index in [1.807, 2.05) is 18.2 Å². The minimum Gasteiger partial charge on any atom is -0.454 e. The third-order valence-corrected chi connectivity index (χ3v) is 3.91. The lowest BCUT2D eigenvalue weighted by Gasteiger charge is -2.12. The van der Waals surface area contributed by atoms with E-state index in [1.54, 1.807) is 0 Å². The third-order valence-electron chi connectivity index (χ3n) is 3.91. The summed E-state index contributed by atoms with van der Waals surface area (Å²) in [7, 11) is 0. The van der Waals surface area contributed by atoms with E-state index in [0.717, 1.165) is 36.1 Å². The minimum absolute atomic E-state index is 0. The van der Waals surface area contributed by atoms with Crippen molar-refractivity contribution in [1.82, 2.24) is 10.6 Å². The molecule has 0 spiro atoms. The lowest BCUT2D eigenvalue weighted by molar-refractivity contribution is 0.174. The minimum atomic E-state index is 0. The van der Waals surface area contributed by atoms with Crippen molar-refractivity contribution in [2.75, 3.05) is 13.3 Å². The summed E-state index contributed by atoms with van der Waals surface area (Å²) < 4.78 is 10.7. The van der Waals surface area contributed by atoms with Gasteiger partial charge in [0, 0.05) is 13.1 Å². The van der Waals surface area contributed by atoms with E-state index in [0.29, 0.717) is 13.3 Å². The van der Waals surface area contributed by atoms with Crippen LogP contribution in [0.2, 0.25) is 0 Å². The molecule has 0 unspecified atom stereocenters. The van der Waals surface area contributed by atoms with Crippen LogP contribution in [-0.2, 0) is 13.1 Å². The molecule has 2 aromatic rings. The van der Waals surface area contributed by atoms with E-state index in [-0.39, 0.29) is 24.0 Å². The van der Waals surface area contributed by atoms with Crippen LogP contribution in [0.4, 0.5) is 0 Å². The Bertz CT molecular complexity index is 734. The monoisotopic (exact) mass is 453 g/mol. The van der Waals surface area contributed by atoms with Crippen molar-refractivity contribution >= 4 is 29.9 Å². The standard InChI is InChI=1S/C19H23N3O2.HI/c1-3-20-19(22-12-16-7-5-4-6-14(16)2)21-11-15-8-9-17-18(10-15)24-13-23-17;/h4-10H,3,11-13H2,1-2H3,(H2,20,21,22);1H. The Morgan fingerprint density at radius 3 is 2.68 bits per heavy atom. The van der Waals surface area contributed by atoms with Crippen LogP contribution in [0.15, 0.2) is 47.5 Å². The number of rotatable bonds is 5. The molecule has 2 aromatic carbocycles. The Kier molecular flexibility index (Phi) is 7.36. The van der Waals surface area contributed by atoms with Crippen molar-refractivity contribution in [1.29, 1.82) is 0 Å². The molecular formula is C19H24IN3O2. The van der Waals surface area contributed by atoms with Crippen LogP contribution in [0.25, 0.3) is 0 Å². The Hall–Kier alpha value is -1.96. The zero-order valence-corrected chi connectivity index (χ0v) is 16.9. The highest BCUT2D eigenvalue weighted by atomic mass is 127. The molecule has 134 valence electrons. The molecule has 0 saturated carbocycles. The van der Waals surface area contributed by atoms with Gasteiger partial charge in [0.05, 0.1) is 6.54 Å². The summed E-state index contributed by atoms with van der Waals surface area (Å²) in [5.74, 6) is 2.39. The topological polar surface area (TPSA) is 54.9 Å². The predicted octanol–water partition coefficient (Wildman–Crippen LogP) is 3.60. The molecule has 0 radical (unpaired) electrons. The number of ether oxygens (including phenoxy) is 2. The van der Waals surface area contributed by atoms with Gasteiger partial charge < -0.3 is 20.1 Å². The van der Waals surface area contributed by atoms with Crippen LogP contribution in [-0.4, -0.2) is 19.3 Å². The molecule has 0 atom stereocenters. The average molecular weight is 453 g/mol. The fourth-order valence-electron chi connectivity index (χ4n) is 2.54. The Morgan fingerprint density at radius 2 is 1.88 bits per heavy atom. The Labute approximate surface area is 165 Å². The number of nitrogens with one attached hydrogen (secondary N) is 2. The fraction of sp³-hybridized carbons (Fsp3) is 0.316. The van der Waals surface area contributed by atoms with Gasteiger partial charge in [-0.2, -0.15) is 0 Å². The SMILES string of the molecule is CCNC(=NCc1ccc2c(c1)OCO2)NCc1ccccc1C.I. The second-order valence-electron chi connectivity index (χ2n) is 5.66. The highest BCUT2D eigenvalue weighted by molar-refractivity contribution is 14.0. The molecule has 0 bridgehead atoms. The summed E-state index contributed by atoms with van der Waals surface area (Å²) in [6.45, 7) is 6.63. The molecule has 0 aromatic heterocycles. The molecule has 1 heterocycles. The van der Waals surface area contributed by atoms with E-state index >= 15 is 0 Å². The van der Waals surface area contributed by atoms with E-state index in [4.69, 9.17) is 9.47 Å². The first kappa shape index (κ1) is 19.4. The fourth-order valence-corrected chi connectivity index (χ4v) is 2.54. The van der Waals surface area contributed by atoms with Crippen LogP contribution in [0.1, 0.15) is 23.6 Å². The predicted molar refractivity (Wildman–Crippen MR) is 111 cm³/mol. The lowest BCUT2D eigenvalue weighted by atomic mass is 10.1. The largest absolute Gasteiger partial charge is 0.454 e. The van der Waals surface area contributed by atoms with Crippen molar-refractivity contribution in [3.05, 3.63) is 59.2 Å². The first-order valence-corrected chi connectivity index (χ1v) is 8.21. The highest BCUT2D eigenvalue weighted by Gasteiger charge is 2.12. The molecule has 0 amide bonds. The summed E-state index contributed by atoms with van der Waals surface area (Å²) in [4.78, 5) is 4.65. The maximum absolute atomic E-state index is 5.41. The van der Waals surface area contributed by atoms with Gasteiger partial charge in [-0.05, 0) is 42.7 Å². The van der Waals surface area contributed by atoms with Gasteiger partial charge in [-0.3, -0.25) is 0 Å². The molecule has 1 aliphatic heterocycles. The summed E-state index contributed by atoms with van der Waals surface area (Å²) in [6.07, 6.45) is 0. The quantitative estimate of drug-likeness (QED) is 0.413. The maximum atomic E-state index is 5.41. The molecule has 0 aliphatic carbocycles. The zero-order chi connectivity index (χ0) is 16.8. The van der Waals surface area contributed by atoms with Gasteiger partial charge in [0.25, 0.3) is 0 Å². The molecule has 0 fully saturated rings. The maximum Gasteiger partial charge on any atom is 0.231 e. The van der Waals surface area contributed by atoms with Crippen LogP contribution in [0.5, 0.6) is 11.5 Å². The number of halogens is 1. The zero-order valence-electron chi connectivity index (χ0n) is 14.5. The summed E-state index contributed by atoms with van der Waals surface area (Å²) in [5, 5.41) is 6.66. The normalized spacial score (nSPS) is 12.5. The molecule has 0 saturated heterocycles. The van der Waals surface area contributed by atoms with Crippen molar-refractivity contribution in [3.8, 4) is 11.5 Å². The number of aliphatic imine (C=N–C) groups is 1. The van der Waals surface area contributed by atoms with Gasteiger partial charge in [-0.1, -0.05) is 30.3 Å². The lowest BCUT2D eigenvalue weighted by Crippen LogP contribution is -2.36. The van der Waals surface area contributed by atoms with Crippen molar-refractivity contribution in [2.45, 2.75) is 26.9 Å². The van der Waals surface area contributed by atoms with Gasteiger partial charge in [-0.25, -0.2) is 4.99 Å². The molecule has 1 aliphatic rings. The smallest absolute Gasteiger partial charge is 0.231 e. The number of fused-ring (bicyclic) bond motifs is 1. The average Bonchev–Trinajstić information content (AvgIpc) is 3.06. The molecule has 5 nitrogen and oxygen atoms in total. The van der Waals surface area contributed by atoms with E-state index in [9.17, 15) is 0 Å². The molecular weight excluding hydrogens is 429 g/mol. The van der Waals surface area contributed by atoms with Crippen molar-refractivity contribution in [2.24, 2.45) is 4.99 Å². The van der Waals surface area contributed by atoms with E-state index in [1.165, 1.54) is 11.1 Å². The number of aryl methyl sites for hydroxylation is 1. The summed E-state index contributed by atoms with van der Waals surface area (Å²) >= 11 is 0. The summed E-state index contributed by atoms with van der Waals surface area (Å²) in [5.41, 5.74) is 3.63. The van der Waals surface area contributed by atoms with Crippen LogP contribution in [0.3, 0.4) is 0 Å². The summed E-state index contributed by atoms with van der Waals surface area (Å²) in [6, 6.07) is 14.3. The number of hydrogen-bond donors (Lipinski definition) is 2. The molecule has 3 rings (SSSR count). The first-order valence-electron chi connectivity index (χ1n) is 8.21. The van der Waals surface area contributed by atoms with Crippen LogP contribution >= 0.6 is 24.0 Å². The third kappa shape index (κ3) is 5.26.